The second kappa shape index (κ2) is 5.19. The van der Waals surface area contributed by atoms with Crippen molar-refractivity contribution in [3.8, 4) is 0 Å². The summed E-state index contributed by atoms with van der Waals surface area (Å²) in [6, 6.07) is 2.87. The number of hydrogen-bond donors (Lipinski definition) is 4. The quantitative estimate of drug-likeness (QED) is 0.418. The van der Waals surface area contributed by atoms with Crippen molar-refractivity contribution in [2.75, 3.05) is 5.43 Å². The highest BCUT2D eigenvalue weighted by molar-refractivity contribution is 5.94. The SMILES string of the molecule is CC(NC(=O)c1ccc(NN)nc1)c1nn[nH]n1. The van der Waals surface area contributed by atoms with Crippen molar-refractivity contribution in [1.29, 1.82) is 0 Å². The van der Waals surface area contributed by atoms with Gasteiger partial charge in [-0.15, -0.1) is 10.2 Å². The molecule has 0 radical (unpaired) electrons. The topological polar surface area (TPSA) is 134 Å². The summed E-state index contributed by atoms with van der Waals surface area (Å²) in [6.07, 6.45) is 1.42. The molecule has 1 amide bonds. The van der Waals surface area contributed by atoms with Crippen molar-refractivity contribution in [2.45, 2.75) is 13.0 Å². The number of H-pyrrole nitrogens is 1. The molecule has 18 heavy (non-hydrogen) atoms. The summed E-state index contributed by atoms with van der Waals surface area (Å²) in [5, 5.41) is 16.0. The summed E-state index contributed by atoms with van der Waals surface area (Å²) in [5.41, 5.74) is 2.80. The van der Waals surface area contributed by atoms with Crippen LogP contribution >= 0.6 is 0 Å². The molecule has 0 aliphatic carbocycles. The van der Waals surface area contributed by atoms with Crippen molar-refractivity contribution in [3.05, 3.63) is 29.7 Å². The fourth-order valence-corrected chi connectivity index (χ4v) is 1.31. The van der Waals surface area contributed by atoms with Crippen LogP contribution in [0.3, 0.4) is 0 Å². The number of pyridine rings is 1. The minimum Gasteiger partial charge on any atom is -0.342 e. The number of carbonyl (C=O) groups excluding carboxylic acids is 1. The van der Waals surface area contributed by atoms with Crippen LogP contribution in [0.4, 0.5) is 5.82 Å². The fourth-order valence-electron chi connectivity index (χ4n) is 1.31. The molecule has 2 heterocycles. The van der Waals surface area contributed by atoms with Gasteiger partial charge in [0.25, 0.3) is 5.91 Å². The maximum Gasteiger partial charge on any atom is 0.253 e. The largest absolute Gasteiger partial charge is 0.342 e. The average molecular weight is 248 g/mol. The number of hydrogen-bond acceptors (Lipinski definition) is 7. The van der Waals surface area contributed by atoms with Gasteiger partial charge >= 0.3 is 0 Å². The van der Waals surface area contributed by atoms with E-state index in [0.717, 1.165) is 0 Å². The monoisotopic (exact) mass is 248 g/mol. The zero-order valence-corrected chi connectivity index (χ0v) is 9.58. The second-order valence-corrected chi connectivity index (χ2v) is 3.54. The minimum absolute atomic E-state index is 0.275. The van der Waals surface area contributed by atoms with Gasteiger partial charge in [0.05, 0.1) is 11.6 Å². The number of amides is 1. The van der Waals surface area contributed by atoms with Crippen LogP contribution in [0.25, 0.3) is 0 Å². The van der Waals surface area contributed by atoms with Crippen molar-refractivity contribution in [3.63, 3.8) is 0 Å². The van der Waals surface area contributed by atoms with Crippen LogP contribution in [-0.4, -0.2) is 31.5 Å². The molecule has 0 fully saturated rings. The van der Waals surface area contributed by atoms with Gasteiger partial charge < -0.3 is 10.7 Å². The zero-order valence-electron chi connectivity index (χ0n) is 9.58. The maximum absolute atomic E-state index is 11.9. The Balaban J connectivity index is 2.03. The number of nitrogens with zero attached hydrogens (tertiary/aromatic N) is 4. The zero-order chi connectivity index (χ0) is 13.0. The standard InChI is InChI=1S/C9H12N8O/c1-5(8-14-16-17-15-8)12-9(18)6-2-3-7(13-10)11-4-6/h2-5H,10H2,1H3,(H,11,13)(H,12,18)(H,14,15,16,17). The third kappa shape index (κ3) is 2.58. The Kier molecular flexibility index (Phi) is 3.44. The smallest absolute Gasteiger partial charge is 0.253 e. The molecule has 5 N–H and O–H groups in total. The molecule has 0 saturated heterocycles. The summed E-state index contributed by atoms with van der Waals surface area (Å²) in [4.78, 5) is 15.8. The summed E-state index contributed by atoms with van der Waals surface area (Å²) in [7, 11) is 0. The Morgan fingerprint density at radius 2 is 2.33 bits per heavy atom. The number of aromatic amines is 1. The lowest BCUT2D eigenvalue weighted by Crippen LogP contribution is -2.27. The molecular formula is C9H12N8O. The molecule has 0 aliphatic rings. The minimum atomic E-state index is -0.344. The lowest BCUT2D eigenvalue weighted by atomic mass is 10.2. The van der Waals surface area contributed by atoms with Crippen LogP contribution in [0.5, 0.6) is 0 Å². The Hall–Kier alpha value is -2.55. The van der Waals surface area contributed by atoms with E-state index in [0.29, 0.717) is 17.2 Å². The number of carbonyl (C=O) groups is 1. The molecule has 1 atom stereocenters. The van der Waals surface area contributed by atoms with Crippen molar-refractivity contribution >= 4 is 11.7 Å². The molecule has 0 spiro atoms. The molecular weight excluding hydrogens is 236 g/mol. The van der Waals surface area contributed by atoms with E-state index in [9.17, 15) is 4.79 Å². The third-order valence-electron chi connectivity index (χ3n) is 2.27. The van der Waals surface area contributed by atoms with Crippen LogP contribution in [-0.2, 0) is 0 Å². The number of tetrazole rings is 1. The summed E-state index contributed by atoms with van der Waals surface area (Å²) >= 11 is 0. The Labute approximate surface area is 102 Å². The highest BCUT2D eigenvalue weighted by Gasteiger charge is 2.14. The molecule has 94 valence electrons. The van der Waals surface area contributed by atoms with E-state index in [1.165, 1.54) is 6.20 Å². The van der Waals surface area contributed by atoms with E-state index in [4.69, 9.17) is 5.84 Å². The lowest BCUT2D eigenvalue weighted by Gasteiger charge is -2.09. The molecule has 0 saturated carbocycles. The molecule has 0 aromatic carbocycles. The first-order chi connectivity index (χ1) is 8.70. The number of rotatable bonds is 4. The van der Waals surface area contributed by atoms with Crippen molar-refractivity contribution < 1.29 is 4.79 Å². The number of nitrogens with one attached hydrogen (secondary N) is 3. The predicted molar refractivity (Wildman–Crippen MR) is 62.1 cm³/mol. The maximum atomic E-state index is 11.9. The number of hydrazine groups is 1. The van der Waals surface area contributed by atoms with Gasteiger partial charge in [-0.05, 0) is 19.1 Å². The Bertz CT molecular complexity index is 508. The van der Waals surface area contributed by atoms with E-state index in [1.54, 1.807) is 19.1 Å². The van der Waals surface area contributed by atoms with Crippen molar-refractivity contribution in [1.82, 2.24) is 30.9 Å². The Morgan fingerprint density at radius 1 is 1.50 bits per heavy atom. The summed E-state index contributed by atoms with van der Waals surface area (Å²) < 4.78 is 0. The van der Waals surface area contributed by atoms with Gasteiger partial charge in [0.2, 0.25) is 0 Å². The number of anilines is 1. The third-order valence-corrected chi connectivity index (χ3v) is 2.27. The van der Waals surface area contributed by atoms with Crippen LogP contribution in [0, 0.1) is 0 Å². The first kappa shape index (κ1) is 11.9. The number of nitrogen functional groups attached to an aromatic ring is 1. The number of aromatic nitrogens is 5. The molecule has 2 aromatic rings. The highest BCUT2D eigenvalue weighted by atomic mass is 16.1. The van der Waals surface area contributed by atoms with E-state index >= 15 is 0 Å². The fraction of sp³-hybridized carbons (Fsp3) is 0.222. The molecule has 2 rings (SSSR count). The average Bonchev–Trinajstić information content (AvgIpc) is 2.92. The van der Waals surface area contributed by atoms with E-state index < -0.39 is 0 Å². The summed E-state index contributed by atoms with van der Waals surface area (Å²) in [5.74, 6) is 5.80. The normalized spacial score (nSPS) is 11.9. The molecule has 9 heteroatoms. The molecule has 2 aromatic heterocycles. The molecule has 0 aliphatic heterocycles. The van der Waals surface area contributed by atoms with Crippen LogP contribution in [0.2, 0.25) is 0 Å². The van der Waals surface area contributed by atoms with Crippen LogP contribution in [0.15, 0.2) is 18.3 Å². The predicted octanol–water partition coefficient (Wildman–Crippen LogP) is -0.629. The molecule has 0 bridgehead atoms. The van der Waals surface area contributed by atoms with E-state index in [1.807, 2.05) is 0 Å². The first-order valence-electron chi connectivity index (χ1n) is 5.17. The van der Waals surface area contributed by atoms with Gasteiger partial charge in [-0.2, -0.15) is 5.21 Å². The van der Waals surface area contributed by atoms with Gasteiger partial charge in [-0.25, -0.2) is 10.8 Å². The summed E-state index contributed by atoms with van der Waals surface area (Å²) in [6.45, 7) is 1.76. The van der Waals surface area contributed by atoms with Gasteiger partial charge in [0.1, 0.15) is 5.82 Å². The van der Waals surface area contributed by atoms with E-state index in [2.05, 4.69) is 36.4 Å². The van der Waals surface area contributed by atoms with Crippen LogP contribution < -0.4 is 16.6 Å². The van der Waals surface area contributed by atoms with Crippen LogP contribution in [0.1, 0.15) is 29.1 Å². The first-order valence-corrected chi connectivity index (χ1v) is 5.17. The van der Waals surface area contributed by atoms with E-state index in [-0.39, 0.29) is 11.9 Å². The van der Waals surface area contributed by atoms with Gasteiger partial charge in [-0.1, -0.05) is 5.21 Å². The lowest BCUT2D eigenvalue weighted by molar-refractivity contribution is 0.0938. The van der Waals surface area contributed by atoms with Gasteiger partial charge in [0, 0.05) is 6.20 Å². The van der Waals surface area contributed by atoms with Crippen molar-refractivity contribution in [2.24, 2.45) is 5.84 Å². The Morgan fingerprint density at radius 3 is 2.89 bits per heavy atom. The van der Waals surface area contributed by atoms with Gasteiger partial charge in [-0.3, -0.25) is 4.79 Å². The van der Waals surface area contributed by atoms with Gasteiger partial charge in [0.15, 0.2) is 5.82 Å². The molecule has 1 unspecified atom stereocenters. The number of nitrogens with two attached hydrogens (primary N) is 1. The molecule has 9 nitrogen and oxygen atoms in total. The second-order valence-electron chi connectivity index (χ2n) is 3.54. The highest BCUT2D eigenvalue weighted by Crippen LogP contribution is 2.07.